The zero-order chi connectivity index (χ0) is 29.2. The summed E-state index contributed by atoms with van der Waals surface area (Å²) < 4.78 is 32.7. The zero-order valence-corrected chi connectivity index (χ0v) is 22.5. The van der Waals surface area contributed by atoms with E-state index in [-0.39, 0.29) is 35.0 Å². The molecule has 2 atom stereocenters. The lowest BCUT2D eigenvalue weighted by molar-refractivity contribution is -0.618. The second-order valence-corrected chi connectivity index (χ2v) is 10.2. The fourth-order valence-corrected chi connectivity index (χ4v) is 4.50. The van der Waals surface area contributed by atoms with Crippen LogP contribution in [0.25, 0.3) is 0 Å². The van der Waals surface area contributed by atoms with E-state index in [0.717, 1.165) is 12.1 Å². The van der Waals surface area contributed by atoms with Crippen LogP contribution < -0.4 is 14.8 Å². The number of ether oxygens (including phenoxy) is 1. The lowest BCUT2D eigenvalue weighted by Crippen LogP contribution is -2.63. The van der Waals surface area contributed by atoms with Crippen LogP contribution in [0.5, 0.6) is 11.6 Å². The Labute approximate surface area is 229 Å². The van der Waals surface area contributed by atoms with Crippen molar-refractivity contribution in [3.05, 3.63) is 77.0 Å². The van der Waals surface area contributed by atoms with E-state index in [1.807, 2.05) is 18.7 Å². The molecule has 13 heteroatoms. The average Bonchev–Trinajstić information content (AvgIpc) is 2.90. The Morgan fingerprint density at radius 1 is 1.15 bits per heavy atom. The van der Waals surface area contributed by atoms with Crippen molar-refractivity contribution in [2.45, 2.75) is 45.4 Å². The van der Waals surface area contributed by atoms with Gasteiger partial charge in [-0.1, -0.05) is 0 Å². The van der Waals surface area contributed by atoms with E-state index >= 15 is 0 Å². The van der Waals surface area contributed by atoms with Crippen molar-refractivity contribution >= 4 is 17.6 Å². The molecule has 2 N–H and O–H groups in total. The highest BCUT2D eigenvalue weighted by molar-refractivity contribution is 5.95. The predicted octanol–water partition coefficient (Wildman–Crippen LogP) is 2.80. The molecule has 3 aromatic rings. The minimum Gasteiger partial charge on any atom is -0.618 e. The van der Waals surface area contributed by atoms with Gasteiger partial charge in [0.15, 0.2) is 23.6 Å². The highest BCUT2D eigenvalue weighted by Gasteiger charge is 2.40. The molecule has 0 unspecified atom stereocenters. The van der Waals surface area contributed by atoms with Crippen molar-refractivity contribution in [2.24, 2.45) is 0 Å². The number of rotatable bonds is 7. The molecule has 1 saturated heterocycles. The van der Waals surface area contributed by atoms with Gasteiger partial charge in [0.05, 0.1) is 29.5 Å². The van der Waals surface area contributed by atoms with Gasteiger partial charge in [-0.2, -0.15) is 4.73 Å². The van der Waals surface area contributed by atoms with E-state index in [1.165, 1.54) is 37.6 Å². The van der Waals surface area contributed by atoms with Crippen LogP contribution in [0.1, 0.15) is 49.9 Å². The molecule has 0 aliphatic carbocycles. The summed E-state index contributed by atoms with van der Waals surface area (Å²) >= 11 is 0. The second kappa shape index (κ2) is 11.5. The van der Waals surface area contributed by atoms with Crippen molar-refractivity contribution in [2.75, 3.05) is 25.0 Å². The van der Waals surface area contributed by atoms with E-state index in [9.17, 15) is 28.7 Å². The maximum atomic E-state index is 13.8. The first kappa shape index (κ1) is 28.8. The van der Waals surface area contributed by atoms with Crippen LogP contribution in [0, 0.1) is 16.8 Å². The molecular formula is C27H30F2N6O5. The molecule has 40 heavy (non-hydrogen) atoms. The van der Waals surface area contributed by atoms with Gasteiger partial charge in [0.1, 0.15) is 11.9 Å². The molecule has 0 saturated carbocycles. The fourth-order valence-electron chi connectivity index (χ4n) is 4.50. The van der Waals surface area contributed by atoms with Crippen LogP contribution in [0.4, 0.5) is 14.6 Å². The minimum absolute atomic E-state index is 0.0388. The van der Waals surface area contributed by atoms with Crippen LogP contribution in [0.2, 0.25) is 0 Å². The molecule has 11 nitrogen and oxygen atoms in total. The van der Waals surface area contributed by atoms with Crippen LogP contribution in [-0.2, 0) is 4.79 Å². The van der Waals surface area contributed by atoms with Gasteiger partial charge in [-0.25, -0.2) is 18.7 Å². The molecule has 0 bridgehead atoms. The first-order valence-electron chi connectivity index (χ1n) is 12.6. The molecule has 2 aromatic heterocycles. The number of nitrogens with one attached hydrogen (secondary N) is 1. The smallest absolute Gasteiger partial charge is 0.254 e. The summed E-state index contributed by atoms with van der Waals surface area (Å²) in [5.41, 5.74) is -0.270. The van der Waals surface area contributed by atoms with Crippen molar-refractivity contribution in [1.82, 2.24) is 19.8 Å². The molecule has 0 spiro atoms. The van der Waals surface area contributed by atoms with Gasteiger partial charge in [-0.15, -0.1) is 0 Å². The number of benzene rings is 1. The van der Waals surface area contributed by atoms with Crippen LogP contribution >= 0.6 is 0 Å². The third kappa shape index (κ3) is 6.32. The van der Waals surface area contributed by atoms with Crippen molar-refractivity contribution in [3.63, 3.8) is 0 Å². The van der Waals surface area contributed by atoms with Crippen molar-refractivity contribution < 1.29 is 32.9 Å². The van der Waals surface area contributed by atoms with E-state index < -0.39 is 29.3 Å². The minimum atomic E-state index is -1.03. The summed E-state index contributed by atoms with van der Waals surface area (Å²) in [5.74, 6) is -2.34. The van der Waals surface area contributed by atoms with E-state index in [4.69, 9.17) is 4.74 Å². The number of anilines is 1. The van der Waals surface area contributed by atoms with E-state index in [0.29, 0.717) is 36.0 Å². The maximum absolute atomic E-state index is 13.8. The van der Waals surface area contributed by atoms with Crippen LogP contribution in [-0.4, -0.2) is 67.9 Å². The monoisotopic (exact) mass is 556 g/mol. The summed E-state index contributed by atoms with van der Waals surface area (Å²) in [4.78, 5) is 38.0. The maximum Gasteiger partial charge on any atom is 0.254 e. The average molecular weight is 557 g/mol. The summed E-state index contributed by atoms with van der Waals surface area (Å²) in [7, 11) is 0. The Kier molecular flexibility index (Phi) is 8.26. The molecule has 1 aromatic carbocycles. The van der Waals surface area contributed by atoms with Gasteiger partial charge in [0.2, 0.25) is 17.5 Å². The Bertz CT molecular complexity index is 1400. The Morgan fingerprint density at radius 2 is 1.90 bits per heavy atom. The zero-order valence-electron chi connectivity index (χ0n) is 22.5. The molecule has 3 heterocycles. The number of aliphatic hydroxyl groups excluding tert-OH is 1. The first-order valence-corrected chi connectivity index (χ1v) is 12.6. The number of pyridine rings is 1. The lowest BCUT2D eigenvalue weighted by Gasteiger charge is -2.48. The Balaban J connectivity index is 1.37. The highest BCUT2D eigenvalue weighted by atomic mass is 19.1. The number of nitrogens with zero attached hydrogens (tertiary/aromatic N) is 5. The second-order valence-electron chi connectivity index (χ2n) is 10.2. The van der Waals surface area contributed by atoms with Crippen molar-refractivity contribution in [1.29, 1.82) is 0 Å². The number of aromatic nitrogens is 3. The number of halogens is 2. The van der Waals surface area contributed by atoms with Gasteiger partial charge in [-0.05, 0) is 39.8 Å². The van der Waals surface area contributed by atoms with Gasteiger partial charge in [0.25, 0.3) is 5.91 Å². The number of amides is 2. The molecule has 2 amide bonds. The standard InChI is InChI=1S/C27H30F2N6O5/c1-16(25(37)32-23-13-31-24(14-30-23)40-22-6-5-19(28)12-20(22)29)33-9-10-34(27(3,4)15-33)26(38)18-7-8-35(39)21(11-18)17(2)36/h5-8,11-14,16-17,36H,9-10,15H2,1-4H3,(H,30,32,37)/t16-,17-/m0/s1. The topological polar surface area (TPSA) is 135 Å². The number of aliphatic hydroxyl groups is 1. The van der Waals surface area contributed by atoms with E-state index in [2.05, 4.69) is 15.3 Å². The summed E-state index contributed by atoms with van der Waals surface area (Å²) in [5, 5.41) is 24.4. The number of hydrogen-bond donors (Lipinski definition) is 2. The Morgan fingerprint density at radius 3 is 2.52 bits per heavy atom. The Hall–Kier alpha value is -4.23. The van der Waals surface area contributed by atoms with Gasteiger partial charge in [-0.3, -0.25) is 14.5 Å². The van der Waals surface area contributed by atoms with Gasteiger partial charge >= 0.3 is 0 Å². The summed E-state index contributed by atoms with van der Waals surface area (Å²) in [6.45, 7) is 8.13. The quantitative estimate of drug-likeness (QED) is 0.335. The molecule has 1 fully saturated rings. The number of carbonyl (C=O) groups is 2. The molecule has 1 aliphatic heterocycles. The summed E-state index contributed by atoms with van der Waals surface area (Å²) in [6.07, 6.45) is 2.64. The highest BCUT2D eigenvalue weighted by Crippen LogP contribution is 2.26. The molecule has 212 valence electrons. The first-order chi connectivity index (χ1) is 18.9. The van der Waals surface area contributed by atoms with Gasteiger partial charge < -0.3 is 25.3 Å². The molecule has 0 radical (unpaired) electrons. The van der Waals surface area contributed by atoms with E-state index in [1.54, 1.807) is 11.8 Å². The number of piperazine rings is 1. The van der Waals surface area contributed by atoms with Crippen LogP contribution in [0.15, 0.2) is 48.9 Å². The lowest BCUT2D eigenvalue weighted by atomic mass is 9.96. The van der Waals surface area contributed by atoms with Crippen molar-refractivity contribution in [3.8, 4) is 11.6 Å². The third-order valence-electron chi connectivity index (χ3n) is 6.71. The van der Waals surface area contributed by atoms with Crippen LogP contribution in [0.3, 0.4) is 0 Å². The largest absolute Gasteiger partial charge is 0.618 e. The predicted molar refractivity (Wildman–Crippen MR) is 139 cm³/mol. The fraction of sp³-hybridized carbons (Fsp3) is 0.370. The molecular weight excluding hydrogens is 526 g/mol. The number of hydrogen-bond acceptors (Lipinski definition) is 8. The summed E-state index contributed by atoms with van der Waals surface area (Å²) in [6, 6.07) is 5.12. The molecule has 1 aliphatic rings. The molecule has 4 rings (SSSR count). The normalized spacial score (nSPS) is 16.7. The SMILES string of the molecule is C[C@H](O)c1cc(C(=O)N2CCN([C@@H](C)C(=O)Nc3cnc(Oc4ccc(F)cc4F)cn3)CC2(C)C)cc[n+]1[O-]. The van der Waals surface area contributed by atoms with Gasteiger partial charge in [0, 0.05) is 37.8 Å². The third-order valence-corrected chi connectivity index (χ3v) is 6.71. The number of carbonyl (C=O) groups excluding carboxylic acids is 2.